The van der Waals surface area contributed by atoms with Gasteiger partial charge in [-0.1, -0.05) is 96.0 Å². The van der Waals surface area contributed by atoms with E-state index in [4.69, 9.17) is 23.2 Å². The first-order valence-electron chi connectivity index (χ1n) is 9.83. The molecule has 0 bridgehead atoms. The number of rotatable bonds is 6. The van der Waals surface area contributed by atoms with E-state index in [1.54, 1.807) is 42.5 Å². The maximum atomic E-state index is 13.9. The summed E-state index contributed by atoms with van der Waals surface area (Å²) in [5.41, 5.74) is 1.52. The van der Waals surface area contributed by atoms with Crippen LogP contribution in [0.2, 0.25) is 10.0 Å². The summed E-state index contributed by atoms with van der Waals surface area (Å²) in [6.07, 6.45) is 0. The molecule has 0 amide bonds. The van der Waals surface area contributed by atoms with Gasteiger partial charge in [-0.15, -0.1) is 0 Å². The maximum absolute atomic E-state index is 13.9. The fourth-order valence-electron chi connectivity index (χ4n) is 3.67. The molecular weight excluding hydrogens is 463 g/mol. The van der Waals surface area contributed by atoms with Gasteiger partial charge in [-0.05, 0) is 41.5 Å². The molecule has 32 heavy (non-hydrogen) atoms. The van der Waals surface area contributed by atoms with Gasteiger partial charge in [0.05, 0.1) is 20.7 Å². The first kappa shape index (κ1) is 22.3. The van der Waals surface area contributed by atoms with Gasteiger partial charge in [-0.2, -0.15) is 0 Å². The average molecular weight is 481 g/mol. The van der Waals surface area contributed by atoms with Crippen LogP contribution in [0.15, 0.2) is 113 Å². The fourth-order valence-corrected chi connectivity index (χ4v) is 5.84. The van der Waals surface area contributed by atoms with Gasteiger partial charge < -0.3 is 0 Å². The Kier molecular flexibility index (Phi) is 6.47. The maximum Gasteiger partial charge on any atom is 0.208 e. The first-order chi connectivity index (χ1) is 15.4. The van der Waals surface area contributed by atoms with Crippen molar-refractivity contribution in [3.63, 3.8) is 0 Å². The Morgan fingerprint density at radius 3 is 1.94 bits per heavy atom. The van der Waals surface area contributed by atoms with Gasteiger partial charge in [0, 0.05) is 10.6 Å². The molecule has 0 heterocycles. The largest absolute Gasteiger partial charge is 0.293 e. The molecule has 0 saturated carbocycles. The molecule has 4 aromatic rings. The molecule has 3 nitrogen and oxygen atoms in total. The SMILES string of the molecule is O=C(c1ccccc1S(=O)(=O)c1ccccc1Cl)C(c1ccccc1)c1cccc(Cl)c1. The minimum Gasteiger partial charge on any atom is -0.293 e. The van der Waals surface area contributed by atoms with E-state index in [0.29, 0.717) is 10.6 Å². The monoisotopic (exact) mass is 480 g/mol. The number of halogens is 2. The highest BCUT2D eigenvalue weighted by atomic mass is 35.5. The average Bonchev–Trinajstić information content (AvgIpc) is 2.80. The lowest BCUT2D eigenvalue weighted by Gasteiger charge is -2.19. The van der Waals surface area contributed by atoms with Gasteiger partial charge in [-0.3, -0.25) is 4.79 Å². The summed E-state index contributed by atoms with van der Waals surface area (Å²) in [7, 11) is -4.03. The van der Waals surface area contributed by atoms with Crippen molar-refractivity contribution in [3.05, 3.63) is 130 Å². The normalized spacial score (nSPS) is 12.3. The van der Waals surface area contributed by atoms with Crippen LogP contribution in [0.25, 0.3) is 0 Å². The highest BCUT2D eigenvalue weighted by Gasteiger charge is 2.31. The third kappa shape index (κ3) is 4.35. The van der Waals surface area contributed by atoms with Gasteiger partial charge in [-0.25, -0.2) is 8.42 Å². The summed E-state index contributed by atoms with van der Waals surface area (Å²) in [5, 5.41) is 0.595. The quantitative estimate of drug-likeness (QED) is 0.283. The van der Waals surface area contributed by atoms with Crippen LogP contribution in [0.3, 0.4) is 0 Å². The fraction of sp³-hybridized carbons (Fsp3) is 0.0385. The number of Topliss-reactive ketones (excluding diaryl/α,β-unsaturated/α-hetero) is 1. The molecular formula is C26H18Cl2O3S. The van der Waals surface area contributed by atoms with Crippen molar-refractivity contribution < 1.29 is 13.2 Å². The number of benzene rings is 4. The summed E-state index contributed by atoms with van der Waals surface area (Å²) < 4.78 is 26.9. The molecule has 0 saturated heterocycles. The second-order valence-electron chi connectivity index (χ2n) is 7.19. The van der Waals surface area contributed by atoms with E-state index in [-0.39, 0.29) is 26.2 Å². The number of carbonyl (C=O) groups is 1. The summed E-state index contributed by atoms with van der Waals surface area (Å²) in [4.78, 5) is 13.8. The van der Waals surface area contributed by atoms with Crippen LogP contribution in [0.4, 0.5) is 0 Å². The van der Waals surface area contributed by atoms with Crippen LogP contribution in [-0.4, -0.2) is 14.2 Å². The van der Waals surface area contributed by atoms with Crippen LogP contribution in [0, 0.1) is 0 Å². The van der Waals surface area contributed by atoms with E-state index in [9.17, 15) is 13.2 Å². The zero-order valence-corrected chi connectivity index (χ0v) is 19.1. The van der Waals surface area contributed by atoms with E-state index < -0.39 is 15.8 Å². The van der Waals surface area contributed by atoms with Gasteiger partial charge in [0.2, 0.25) is 9.84 Å². The lowest BCUT2D eigenvalue weighted by molar-refractivity contribution is 0.0970. The van der Waals surface area contributed by atoms with Crippen molar-refractivity contribution in [1.82, 2.24) is 0 Å². The molecule has 0 fully saturated rings. The van der Waals surface area contributed by atoms with Crippen LogP contribution in [-0.2, 0) is 9.84 Å². The standard InChI is InChI=1S/C26H18Cl2O3S/c27-20-12-8-11-19(17-20)25(18-9-2-1-3-10-18)26(29)21-13-4-6-15-23(21)32(30,31)24-16-7-5-14-22(24)28/h1-17,25H. The van der Waals surface area contributed by atoms with E-state index in [2.05, 4.69) is 0 Å². The third-order valence-corrected chi connectivity index (χ3v) is 7.69. The van der Waals surface area contributed by atoms with E-state index in [0.717, 1.165) is 5.56 Å². The second kappa shape index (κ2) is 9.29. The molecule has 160 valence electrons. The van der Waals surface area contributed by atoms with Gasteiger partial charge in [0.15, 0.2) is 5.78 Å². The predicted octanol–water partition coefficient (Wildman–Crippen LogP) is 6.84. The molecule has 0 aliphatic carbocycles. The molecule has 0 N–H and O–H groups in total. The van der Waals surface area contributed by atoms with Crippen molar-refractivity contribution >= 4 is 38.8 Å². The van der Waals surface area contributed by atoms with Gasteiger partial charge >= 0.3 is 0 Å². The van der Waals surface area contributed by atoms with E-state index in [1.165, 1.54) is 24.3 Å². The van der Waals surface area contributed by atoms with Gasteiger partial charge in [0.25, 0.3) is 0 Å². The molecule has 0 aromatic heterocycles. The van der Waals surface area contributed by atoms with Crippen molar-refractivity contribution in [2.24, 2.45) is 0 Å². The lowest BCUT2D eigenvalue weighted by atomic mass is 9.85. The van der Waals surface area contributed by atoms with Crippen molar-refractivity contribution in [2.45, 2.75) is 15.7 Å². The molecule has 1 atom stereocenters. The second-order valence-corrected chi connectivity index (χ2v) is 9.92. The van der Waals surface area contributed by atoms with E-state index in [1.807, 2.05) is 36.4 Å². The van der Waals surface area contributed by atoms with Crippen LogP contribution < -0.4 is 0 Å². The number of hydrogen-bond acceptors (Lipinski definition) is 3. The molecule has 0 aliphatic rings. The van der Waals surface area contributed by atoms with Crippen LogP contribution in [0.1, 0.15) is 27.4 Å². The smallest absolute Gasteiger partial charge is 0.208 e. The lowest BCUT2D eigenvalue weighted by Crippen LogP contribution is -2.18. The minimum absolute atomic E-state index is 0.0408. The molecule has 1 unspecified atom stereocenters. The summed E-state index contributed by atoms with van der Waals surface area (Å²) in [6, 6.07) is 28.7. The number of carbonyl (C=O) groups excluding carboxylic acids is 1. The zero-order valence-electron chi connectivity index (χ0n) is 16.8. The molecule has 6 heteroatoms. The predicted molar refractivity (Wildman–Crippen MR) is 127 cm³/mol. The Balaban J connectivity index is 1.90. The van der Waals surface area contributed by atoms with Crippen LogP contribution >= 0.6 is 23.2 Å². The summed E-state index contributed by atoms with van der Waals surface area (Å²) >= 11 is 12.4. The Labute approximate surface area is 197 Å². The molecule has 4 rings (SSSR count). The Morgan fingerprint density at radius 1 is 0.656 bits per heavy atom. The zero-order chi connectivity index (χ0) is 22.7. The number of hydrogen-bond donors (Lipinski definition) is 0. The van der Waals surface area contributed by atoms with Crippen molar-refractivity contribution in [1.29, 1.82) is 0 Å². The van der Waals surface area contributed by atoms with Crippen molar-refractivity contribution in [3.8, 4) is 0 Å². The highest BCUT2D eigenvalue weighted by molar-refractivity contribution is 7.91. The molecule has 0 aliphatic heterocycles. The number of sulfone groups is 1. The molecule has 0 radical (unpaired) electrons. The summed E-state index contributed by atoms with van der Waals surface area (Å²) in [6.45, 7) is 0. The Morgan fingerprint density at radius 2 is 1.25 bits per heavy atom. The highest BCUT2D eigenvalue weighted by Crippen LogP contribution is 2.35. The summed E-state index contributed by atoms with van der Waals surface area (Å²) in [5.74, 6) is -1.07. The van der Waals surface area contributed by atoms with Crippen molar-refractivity contribution in [2.75, 3.05) is 0 Å². The third-order valence-electron chi connectivity index (χ3n) is 5.15. The number of ketones is 1. The molecule has 4 aromatic carbocycles. The van der Waals surface area contributed by atoms with E-state index >= 15 is 0 Å². The van der Waals surface area contributed by atoms with Gasteiger partial charge in [0.1, 0.15) is 0 Å². The molecule has 0 spiro atoms. The topological polar surface area (TPSA) is 51.2 Å². The Hall–Kier alpha value is -2.92. The Bertz CT molecular complexity index is 1380. The van der Waals surface area contributed by atoms with Crippen LogP contribution in [0.5, 0.6) is 0 Å². The minimum atomic E-state index is -4.03. The first-order valence-corrected chi connectivity index (χ1v) is 12.1.